The monoisotopic (exact) mass is 448 g/mol. The van der Waals surface area contributed by atoms with E-state index in [9.17, 15) is 14.4 Å². The number of nitrogens with one attached hydrogen (secondary N) is 1. The molecule has 0 aliphatic heterocycles. The van der Waals surface area contributed by atoms with Crippen molar-refractivity contribution < 1.29 is 23.6 Å². The van der Waals surface area contributed by atoms with Crippen LogP contribution in [-0.4, -0.2) is 34.0 Å². The van der Waals surface area contributed by atoms with Crippen molar-refractivity contribution in [1.82, 2.24) is 10.1 Å². The highest BCUT2D eigenvalue weighted by molar-refractivity contribution is 7.14. The molecule has 11 heteroatoms. The van der Waals surface area contributed by atoms with Crippen molar-refractivity contribution in [3.05, 3.63) is 52.2 Å². The number of hydrogen-bond acceptors (Lipinski definition) is 8. The first-order chi connectivity index (χ1) is 14.3. The van der Waals surface area contributed by atoms with E-state index in [0.717, 1.165) is 16.9 Å². The number of carbonyl (C=O) groups excluding carboxylic acids is 3. The molecule has 0 bridgehead atoms. The summed E-state index contributed by atoms with van der Waals surface area (Å²) in [6.45, 7) is 1.43. The van der Waals surface area contributed by atoms with Crippen molar-refractivity contribution in [1.29, 1.82) is 0 Å². The smallest absolute Gasteiger partial charge is 0.307 e. The number of primary amides is 1. The van der Waals surface area contributed by atoms with Gasteiger partial charge < -0.3 is 20.3 Å². The van der Waals surface area contributed by atoms with Gasteiger partial charge in [0, 0.05) is 17.0 Å². The molecule has 9 nitrogen and oxygen atoms in total. The number of aryl methyl sites for hydroxylation is 1. The van der Waals surface area contributed by atoms with Gasteiger partial charge >= 0.3 is 5.97 Å². The van der Waals surface area contributed by atoms with Gasteiger partial charge in [-0.1, -0.05) is 16.8 Å². The van der Waals surface area contributed by atoms with E-state index in [2.05, 4.69) is 15.5 Å². The Morgan fingerprint density at radius 2 is 2.00 bits per heavy atom. The Kier molecular flexibility index (Phi) is 6.80. The summed E-state index contributed by atoms with van der Waals surface area (Å²) in [5.74, 6) is -1.20. The largest absolute Gasteiger partial charge is 0.453 e. The van der Waals surface area contributed by atoms with Crippen LogP contribution in [0, 0.1) is 0 Å². The Balaban J connectivity index is 1.49. The number of ether oxygens (including phenoxy) is 1. The van der Waals surface area contributed by atoms with Crippen LogP contribution >= 0.6 is 22.9 Å². The van der Waals surface area contributed by atoms with E-state index < -0.39 is 23.9 Å². The minimum absolute atomic E-state index is 0.0502. The van der Waals surface area contributed by atoms with Crippen LogP contribution in [0.1, 0.15) is 29.6 Å². The highest BCUT2D eigenvalue weighted by atomic mass is 35.5. The molecule has 30 heavy (non-hydrogen) atoms. The molecule has 156 valence electrons. The first kappa shape index (κ1) is 21.5. The number of benzene rings is 1. The van der Waals surface area contributed by atoms with E-state index >= 15 is 0 Å². The lowest BCUT2D eigenvalue weighted by Gasteiger charge is -2.13. The summed E-state index contributed by atoms with van der Waals surface area (Å²) in [5.41, 5.74) is 6.16. The fourth-order valence-electron chi connectivity index (χ4n) is 2.40. The lowest BCUT2D eigenvalue weighted by atomic mass is 10.2. The van der Waals surface area contributed by atoms with Crippen molar-refractivity contribution in [2.24, 2.45) is 5.73 Å². The molecule has 1 aromatic carbocycles. The number of esters is 1. The zero-order chi connectivity index (χ0) is 21.7. The summed E-state index contributed by atoms with van der Waals surface area (Å²) in [5, 5.41) is 8.91. The standard InChI is InChI=1S/C19H17ClN4O5S/c1-10(18(27)23-19-13(16(21)26)8-9-30-19)28-15(25)7-6-14-22-17(24-29-14)11-2-4-12(20)5-3-11/h2-5,8-10H,6-7H2,1H3,(H2,21,26)(H,23,27). The summed E-state index contributed by atoms with van der Waals surface area (Å²) in [7, 11) is 0. The molecule has 2 amide bonds. The molecule has 0 fully saturated rings. The molecule has 0 radical (unpaired) electrons. The zero-order valence-corrected chi connectivity index (χ0v) is 17.3. The number of halogens is 1. The third-order valence-corrected chi connectivity index (χ3v) is 5.04. The molecular weight excluding hydrogens is 432 g/mol. The molecule has 1 unspecified atom stereocenters. The van der Waals surface area contributed by atoms with E-state index in [1.807, 2.05) is 0 Å². The minimum Gasteiger partial charge on any atom is -0.453 e. The second-order valence-corrected chi connectivity index (χ2v) is 7.52. The molecule has 0 aliphatic rings. The van der Waals surface area contributed by atoms with Gasteiger partial charge in [-0.2, -0.15) is 4.98 Å². The molecule has 0 saturated carbocycles. The molecule has 0 aliphatic carbocycles. The van der Waals surface area contributed by atoms with Gasteiger partial charge in [-0.15, -0.1) is 11.3 Å². The third kappa shape index (κ3) is 5.43. The van der Waals surface area contributed by atoms with E-state index in [1.165, 1.54) is 13.0 Å². The number of carbonyl (C=O) groups is 3. The Morgan fingerprint density at radius 3 is 2.70 bits per heavy atom. The number of amides is 2. The number of rotatable bonds is 8. The number of hydrogen-bond donors (Lipinski definition) is 2. The SMILES string of the molecule is CC(OC(=O)CCc1nc(-c2ccc(Cl)cc2)no1)C(=O)Nc1sccc1C(N)=O. The van der Waals surface area contributed by atoms with Crippen molar-refractivity contribution in [2.45, 2.75) is 25.9 Å². The maximum Gasteiger partial charge on any atom is 0.307 e. The van der Waals surface area contributed by atoms with Gasteiger partial charge in [0.05, 0.1) is 12.0 Å². The van der Waals surface area contributed by atoms with Crippen molar-refractivity contribution in [3.8, 4) is 11.4 Å². The maximum atomic E-state index is 12.2. The lowest BCUT2D eigenvalue weighted by molar-refractivity contribution is -0.153. The van der Waals surface area contributed by atoms with Gasteiger partial charge in [-0.05, 0) is 42.6 Å². The first-order valence-corrected chi connectivity index (χ1v) is 10.1. The molecule has 2 heterocycles. The summed E-state index contributed by atoms with van der Waals surface area (Å²) in [4.78, 5) is 39.8. The molecular formula is C19H17ClN4O5S. The highest BCUT2D eigenvalue weighted by Gasteiger charge is 2.21. The maximum absolute atomic E-state index is 12.2. The molecule has 0 spiro atoms. The van der Waals surface area contributed by atoms with Crippen molar-refractivity contribution >= 4 is 45.7 Å². The lowest BCUT2D eigenvalue weighted by Crippen LogP contribution is -2.30. The molecule has 0 saturated heterocycles. The average molecular weight is 449 g/mol. The Hall–Kier alpha value is -3.24. The number of nitrogens with two attached hydrogens (primary N) is 1. The molecule has 3 rings (SSSR count). The van der Waals surface area contributed by atoms with Crippen LogP contribution in [0.25, 0.3) is 11.4 Å². The summed E-state index contributed by atoms with van der Waals surface area (Å²) in [6, 6.07) is 8.42. The Bertz CT molecular complexity index is 1060. The Labute approximate surface area is 180 Å². The number of nitrogens with zero attached hydrogens (tertiary/aromatic N) is 2. The van der Waals surface area contributed by atoms with Crippen LogP contribution in [0.5, 0.6) is 0 Å². The van der Waals surface area contributed by atoms with Crippen molar-refractivity contribution in [2.75, 3.05) is 5.32 Å². The van der Waals surface area contributed by atoms with E-state index in [-0.39, 0.29) is 24.3 Å². The van der Waals surface area contributed by atoms with E-state index in [0.29, 0.717) is 15.8 Å². The normalized spacial score (nSPS) is 11.7. The molecule has 3 aromatic rings. The highest BCUT2D eigenvalue weighted by Crippen LogP contribution is 2.23. The third-order valence-electron chi connectivity index (χ3n) is 3.96. The topological polar surface area (TPSA) is 137 Å². The fourth-order valence-corrected chi connectivity index (χ4v) is 3.33. The van der Waals surface area contributed by atoms with Gasteiger partial charge in [-0.3, -0.25) is 14.4 Å². The van der Waals surface area contributed by atoms with Crippen LogP contribution < -0.4 is 11.1 Å². The summed E-state index contributed by atoms with van der Waals surface area (Å²) >= 11 is 6.99. The summed E-state index contributed by atoms with van der Waals surface area (Å²) < 4.78 is 10.3. The van der Waals surface area contributed by atoms with Crippen LogP contribution in [0.3, 0.4) is 0 Å². The van der Waals surface area contributed by atoms with Gasteiger partial charge in [0.1, 0.15) is 5.00 Å². The number of aromatic nitrogens is 2. The minimum atomic E-state index is -1.06. The van der Waals surface area contributed by atoms with E-state index in [1.54, 1.807) is 29.6 Å². The zero-order valence-electron chi connectivity index (χ0n) is 15.8. The average Bonchev–Trinajstić information content (AvgIpc) is 3.36. The number of anilines is 1. The number of thiophene rings is 1. The predicted molar refractivity (Wildman–Crippen MR) is 110 cm³/mol. The van der Waals surface area contributed by atoms with Crippen molar-refractivity contribution in [3.63, 3.8) is 0 Å². The van der Waals surface area contributed by atoms with Crippen LogP contribution in [0.4, 0.5) is 5.00 Å². The van der Waals surface area contributed by atoms with Crippen LogP contribution in [0.2, 0.25) is 5.02 Å². The second kappa shape index (κ2) is 9.51. The fraction of sp³-hybridized carbons (Fsp3) is 0.211. The second-order valence-electron chi connectivity index (χ2n) is 6.17. The Morgan fingerprint density at radius 1 is 1.27 bits per heavy atom. The molecule has 1 atom stereocenters. The van der Waals surface area contributed by atoms with Crippen LogP contribution in [-0.2, 0) is 20.7 Å². The summed E-state index contributed by atoms with van der Waals surface area (Å²) in [6.07, 6.45) is -0.955. The van der Waals surface area contributed by atoms with Gasteiger partial charge in [-0.25, -0.2) is 0 Å². The van der Waals surface area contributed by atoms with Gasteiger partial charge in [0.25, 0.3) is 11.8 Å². The van der Waals surface area contributed by atoms with Gasteiger partial charge in [0.2, 0.25) is 11.7 Å². The van der Waals surface area contributed by atoms with Gasteiger partial charge in [0.15, 0.2) is 6.10 Å². The van der Waals surface area contributed by atoms with Crippen LogP contribution in [0.15, 0.2) is 40.2 Å². The molecule has 2 aromatic heterocycles. The quantitative estimate of drug-likeness (QED) is 0.505. The molecule has 3 N–H and O–H groups in total. The first-order valence-electron chi connectivity index (χ1n) is 8.79. The predicted octanol–water partition coefficient (Wildman–Crippen LogP) is 3.05. The van der Waals surface area contributed by atoms with E-state index in [4.69, 9.17) is 26.6 Å².